The maximum absolute atomic E-state index is 11.8. The lowest BCUT2D eigenvalue weighted by Crippen LogP contribution is -2.48. The van der Waals surface area contributed by atoms with Crippen molar-refractivity contribution >= 4 is 5.91 Å². The van der Waals surface area contributed by atoms with Crippen molar-refractivity contribution in [3.63, 3.8) is 0 Å². The van der Waals surface area contributed by atoms with Crippen molar-refractivity contribution in [1.82, 2.24) is 15.1 Å². The summed E-state index contributed by atoms with van der Waals surface area (Å²) in [5.41, 5.74) is 2.57. The van der Waals surface area contributed by atoms with Crippen LogP contribution in [0.1, 0.15) is 36.9 Å². The summed E-state index contributed by atoms with van der Waals surface area (Å²) >= 11 is 0. The molecular formula is C18H29N3O. The van der Waals surface area contributed by atoms with Crippen molar-refractivity contribution in [2.75, 3.05) is 39.8 Å². The molecule has 1 N–H and O–H groups in total. The molecule has 1 heterocycles. The van der Waals surface area contributed by atoms with Gasteiger partial charge in [-0.3, -0.25) is 9.69 Å². The molecule has 1 aliphatic heterocycles. The molecule has 1 fully saturated rings. The third-order valence-electron chi connectivity index (χ3n) is 4.41. The van der Waals surface area contributed by atoms with Crippen molar-refractivity contribution in [2.45, 2.75) is 32.7 Å². The summed E-state index contributed by atoms with van der Waals surface area (Å²) in [7, 11) is 2.17. The Bertz CT molecular complexity index is 464. The number of nitrogens with zero attached hydrogens (tertiary/aromatic N) is 2. The highest BCUT2D eigenvalue weighted by Gasteiger charge is 2.24. The molecule has 0 spiro atoms. The molecule has 0 radical (unpaired) electrons. The third-order valence-corrected chi connectivity index (χ3v) is 4.41. The number of carbonyl (C=O) groups is 1. The second-order valence-electron chi connectivity index (χ2n) is 6.32. The number of hydrogen-bond donors (Lipinski definition) is 1. The summed E-state index contributed by atoms with van der Waals surface area (Å²) in [4.78, 5) is 16.7. The van der Waals surface area contributed by atoms with E-state index in [2.05, 4.69) is 53.4 Å². The fourth-order valence-electron chi connectivity index (χ4n) is 2.91. The lowest BCUT2D eigenvalue weighted by atomic mass is 10.0. The fourth-order valence-corrected chi connectivity index (χ4v) is 2.91. The second-order valence-corrected chi connectivity index (χ2v) is 6.32. The van der Waals surface area contributed by atoms with E-state index in [9.17, 15) is 4.79 Å². The lowest BCUT2D eigenvalue weighted by Gasteiger charge is -2.38. The first kappa shape index (κ1) is 17.0. The molecule has 1 aromatic carbocycles. The summed E-state index contributed by atoms with van der Waals surface area (Å²) in [5.74, 6) is 0.161. The largest absolute Gasteiger partial charge is 0.354 e. The highest BCUT2D eigenvalue weighted by Crippen LogP contribution is 2.22. The van der Waals surface area contributed by atoms with Crippen molar-refractivity contribution in [1.29, 1.82) is 0 Å². The van der Waals surface area contributed by atoms with E-state index in [-0.39, 0.29) is 11.9 Å². The Morgan fingerprint density at radius 1 is 1.18 bits per heavy atom. The molecule has 0 saturated carbocycles. The van der Waals surface area contributed by atoms with Gasteiger partial charge in [-0.15, -0.1) is 0 Å². The highest BCUT2D eigenvalue weighted by molar-refractivity contribution is 5.75. The zero-order valence-corrected chi connectivity index (χ0v) is 14.1. The number of benzene rings is 1. The Balaban J connectivity index is 2.06. The van der Waals surface area contributed by atoms with E-state index in [0.717, 1.165) is 32.6 Å². The molecule has 1 amide bonds. The molecule has 4 heteroatoms. The van der Waals surface area contributed by atoms with Crippen LogP contribution in [0.15, 0.2) is 24.3 Å². The molecule has 1 unspecified atom stereocenters. The highest BCUT2D eigenvalue weighted by atomic mass is 16.1. The Labute approximate surface area is 134 Å². The standard InChI is InChI=1S/C18H29N3O/c1-4-5-18(22)19-14-17(16-8-6-15(2)7-9-16)21-12-10-20(3)11-13-21/h6-9,17H,4-5,10-14H2,1-3H3,(H,19,22). The predicted octanol–water partition coefficient (Wildman–Crippen LogP) is 2.20. The number of likely N-dealkylation sites (N-methyl/N-ethyl adjacent to an activating group) is 1. The van der Waals surface area contributed by atoms with Crippen molar-refractivity contribution in [3.05, 3.63) is 35.4 Å². The number of rotatable bonds is 6. The minimum absolute atomic E-state index is 0.161. The monoisotopic (exact) mass is 303 g/mol. The van der Waals surface area contributed by atoms with Gasteiger partial charge in [0.2, 0.25) is 5.91 Å². The molecule has 0 bridgehead atoms. The third kappa shape index (κ3) is 4.82. The van der Waals surface area contributed by atoms with Crippen LogP contribution in [0, 0.1) is 6.92 Å². The molecule has 22 heavy (non-hydrogen) atoms. The number of amides is 1. The number of aryl methyl sites for hydroxylation is 1. The van der Waals surface area contributed by atoms with Crippen LogP contribution >= 0.6 is 0 Å². The van der Waals surface area contributed by atoms with Gasteiger partial charge in [-0.25, -0.2) is 0 Å². The van der Waals surface area contributed by atoms with Gasteiger partial charge in [-0.2, -0.15) is 0 Å². The smallest absolute Gasteiger partial charge is 0.220 e. The second kappa shape index (κ2) is 8.30. The molecule has 1 saturated heterocycles. The van der Waals surface area contributed by atoms with Crippen LogP contribution in [0.5, 0.6) is 0 Å². The number of piperazine rings is 1. The van der Waals surface area contributed by atoms with E-state index in [1.54, 1.807) is 0 Å². The number of hydrogen-bond acceptors (Lipinski definition) is 3. The number of nitrogens with one attached hydrogen (secondary N) is 1. The predicted molar refractivity (Wildman–Crippen MR) is 90.9 cm³/mol. The summed E-state index contributed by atoms with van der Waals surface area (Å²) in [6.07, 6.45) is 1.51. The van der Waals surface area contributed by atoms with Crippen molar-refractivity contribution in [2.24, 2.45) is 0 Å². The first-order valence-corrected chi connectivity index (χ1v) is 8.36. The minimum atomic E-state index is 0.161. The zero-order valence-electron chi connectivity index (χ0n) is 14.1. The maximum atomic E-state index is 11.8. The average Bonchev–Trinajstić information content (AvgIpc) is 2.51. The van der Waals surface area contributed by atoms with Gasteiger partial charge in [0.05, 0.1) is 6.04 Å². The fraction of sp³-hybridized carbons (Fsp3) is 0.611. The normalized spacial score (nSPS) is 18.1. The average molecular weight is 303 g/mol. The number of carbonyl (C=O) groups excluding carboxylic acids is 1. The Morgan fingerprint density at radius 2 is 1.82 bits per heavy atom. The molecule has 1 atom stereocenters. The molecule has 2 rings (SSSR count). The van der Waals surface area contributed by atoms with Crippen LogP contribution in [0.25, 0.3) is 0 Å². The lowest BCUT2D eigenvalue weighted by molar-refractivity contribution is -0.121. The van der Waals surface area contributed by atoms with E-state index < -0.39 is 0 Å². The topological polar surface area (TPSA) is 35.6 Å². The van der Waals surface area contributed by atoms with Crippen LogP contribution < -0.4 is 5.32 Å². The Kier molecular flexibility index (Phi) is 6.40. The summed E-state index contributed by atoms with van der Waals surface area (Å²) in [6.45, 7) is 9.13. The molecule has 4 nitrogen and oxygen atoms in total. The van der Waals surface area contributed by atoms with Crippen LogP contribution in [-0.4, -0.2) is 55.5 Å². The quantitative estimate of drug-likeness (QED) is 0.875. The van der Waals surface area contributed by atoms with Crippen molar-refractivity contribution < 1.29 is 4.79 Å². The van der Waals surface area contributed by atoms with Gasteiger partial charge in [-0.1, -0.05) is 36.8 Å². The molecule has 122 valence electrons. The van der Waals surface area contributed by atoms with Crippen LogP contribution in [0.4, 0.5) is 0 Å². The van der Waals surface area contributed by atoms with Crippen molar-refractivity contribution in [3.8, 4) is 0 Å². The van der Waals surface area contributed by atoms with Crippen LogP contribution in [0.2, 0.25) is 0 Å². The van der Waals surface area contributed by atoms with Gasteiger partial charge in [0.1, 0.15) is 0 Å². The minimum Gasteiger partial charge on any atom is -0.354 e. The summed E-state index contributed by atoms with van der Waals surface area (Å²) in [5, 5.41) is 3.11. The van der Waals surface area contributed by atoms with Gasteiger partial charge >= 0.3 is 0 Å². The molecular weight excluding hydrogens is 274 g/mol. The van der Waals surface area contributed by atoms with Gasteiger partial charge in [-0.05, 0) is 26.0 Å². The van der Waals surface area contributed by atoms with Crippen LogP contribution in [-0.2, 0) is 4.79 Å². The van der Waals surface area contributed by atoms with E-state index >= 15 is 0 Å². The molecule has 1 aliphatic rings. The van der Waals surface area contributed by atoms with E-state index in [1.807, 2.05) is 6.92 Å². The first-order chi connectivity index (χ1) is 10.6. The zero-order chi connectivity index (χ0) is 15.9. The van der Waals surface area contributed by atoms with Crippen LogP contribution in [0.3, 0.4) is 0 Å². The van der Waals surface area contributed by atoms with Gasteiger partial charge in [0.15, 0.2) is 0 Å². The van der Waals surface area contributed by atoms with E-state index in [4.69, 9.17) is 0 Å². The molecule has 0 aromatic heterocycles. The Hall–Kier alpha value is -1.39. The van der Waals surface area contributed by atoms with E-state index in [0.29, 0.717) is 13.0 Å². The molecule has 1 aromatic rings. The summed E-state index contributed by atoms with van der Waals surface area (Å²) < 4.78 is 0. The van der Waals surface area contributed by atoms with Gasteiger partial charge in [0.25, 0.3) is 0 Å². The van der Waals surface area contributed by atoms with Gasteiger partial charge < -0.3 is 10.2 Å². The van der Waals surface area contributed by atoms with E-state index in [1.165, 1.54) is 11.1 Å². The Morgan fingerprint density at radius 3 is 2.41 bits per heavy atom. The first-order valence-electron chi connectivity index (χ1n) is 8.36. The summed E-state index contributed by atoms with van der Waals surface area (Å²) in [6, 6.07) is 8.99. The van der Waals surface area contributed by atoms with Gasteiger partial charge in [0, 0.05) is 39.1 Å². The maximum Gasteiger partial charge on any atom is 0.220 e. The molecule has 0 aliphatic carbocycles. The SMILES string of the molecule is CCCC(=O)NCC(c1ccc(C)cc1)N1CCN(C)CC1.